The molecule has 0 amide bonds. The van der Waals surface area contributed by atoms with Gasteiger partial charge in [0.25, 0.3) is 0 Å². The molecule has 0 N–H and O–H groups in total. The minimum absolute atomic E-state index is 0.658. The Morgan fingerprint density at radius 2 is 1.95 bits per heavy atom. The molecule has 0 bridgehead atoms. The largest absolute Gasteiger partial charge is 0.192 e. The Morgan fingerprint density at radius 1 is 1.20 bits per heavy atom. The second kappa shape index (κ2) is 6.79. The van der Waals surface area contributed by atoms with Gasteiger partial charge >= 0.3 is 0 Å². The highest BCUT2D eigenvalue weighted by Crippen LogP contribution is 2.10. The number of benzene rings is 2. The molecule has 0 aliphatic carbocycles. The molecular formula is C18H15NS. The third kappa shape index (κ3) is 3.63. The van der Waals surface area contributed by atoms with Gasteiger partial charge in [-0.2, -0.15) is 5.26 Å². The van der Waals surface area contributed by atoms with Gasteiger partial charge in [0.1, 0.15) is 0 Å². The molecule has 0 radical (unpaired) electrons. The molecule has 0 fully saturated rings. The highest BCUT2D eigenvalue weighted by molar-refractivity contribution is 7.81. The predicted molar refractivity (Wildman–Crippen MR) is 87.7 cm³/mol. The van der Waals surface area contributed by atoms with E-state index >= 15 is 0 Å². The van der Waals surface area contributed by atoms with Crippen LogP contribution in [-0.4, -0.2) is 4.86 Å². The van der Waals surface area contributed by atoms with E-state index in [2.05, 4.69) is 37.3 Å². The third-order valence-electron chi connectivity index (χ3n) is 3.09. The SMILES string of the molecule is CCc1ccc(C(=S)C=Cc2cccc(C#N)c2)cc1. The topological polar surface area (TPSA) is 23.8 Å². The predicted octanol–water partition coefficient (Wildman–Crippen LogP) is 4.55. The third-order valence-corrected chi connectivity index (χ3v) is 3.46. The standard InChI is InChI=1S/C18H15NS/c1-2-14-6-9-17(10-7-14)18(20)11-8-15-4-3-5-16(12-15)13-19/h3-12H,2H2,1H3. The summed E-state index contributed by atoms with van der Waals surface area (Å²) in [5, 5.41) is 8.87. The van der Waals surface area contributed by atoms with Crippen molar-refractivity contribution >= 4 is 23.2 Å². The van der Waals surface area contributed by atoms with Crippen LogP contribution < -0.4 is 0 Å². The molecule has 0 saturated heterocycles. The van der Waals surface area contributed by atoms with E-state index in [4.69, 9.17) is 17.5 Å². The smallest absolute Gasteiger partial charge is 0.0991 e. The molecule has 0 aliphatic rings. The number of aryl methyl sites for hydroxylation is 1. The van der Waals surface area contributed by atoms with Crippen molar-refractivity contribution in [2.24, 2.45) is 0 Å². The number of hydrogen-bond donors (Lipinski definition) is 0. The monoisotopic (exact) mass is 277 g/mol. The number of rotatable bonds is 4. The Hall–Kier alpha value is -2.24. The Morgan fingerprint density at radius 3 is 2.60 bits per heavy atom. The molecule has 2 rings (SSSR count). The van der Waals surface area contributed by atoms with Crippen molar-refractivity contribution in [2.75, 3.05) is 0 Å². The highest BCUT2D eigenvalue weighted by atomic mass is 32.1. The van der Waals surface area contributed by atoms with Gasteiger partial charge in [0.2, 0.25) is 0 Å². The lowest BCUT2D eigenvalue weighted by atomic mass is 10.1. The van der Waals surface area contributed by atoms with Crippen molar-refractivity contribution in [2.45, 2.75) is 13.3 Å². The molecule has 0 heterocycles. The normalized spacial score (nSPS) is 10.4. The Labute approximate surface area is 125 Å². The fourth-order valence-corrected chi connectivity index (χ4v) is 2.09. The van der Waals surface area contributed by atoms with Gasteiger partial charge in [-0.25, -0.2) is 0 Å². The summed E-state index contributed by atoms with van der Waals surface area (Å²) in [5.74, 6) is 0. The highest BCUT2D eigenvalue weighted by Gasteiger charge is 1.98. The van der Waals surface area contributed by atoms with Crippen LogP contribution in [0.2, 0.25) is 0 Å². The van der Waals surface area contributed by atoms with E-state index in [0.29, 0.717) is 5.56 Å². The molecule has 98 valence electrons. The number of hydrogen-bond acceptors (Lipinski definition) is 2. The molecule has 2 aromatic rings. The minimum Gasteiger partial charge on any atom is -0.192 e. The molecule has 0 aromatic heterocycles. The fourth-order valence-electron chi connectivity index (χ4n) is 1.88. The van der Waals surface area contributed by atoms with Crippen LogP contribution in [0.15, 0.2) is 54.6 Å². The maximum absolute atomic E-state index is 8.87. The first kappa shape index (κ1) is 14.2. The summed E-state index contributed by atoms with van der Waals surface area (Å²) in [6.07, 6.45) is 4.88. The van der Waals surface area contributed by atoms with Gasteiger partial charge in [-0.15, -0.1) is 0 Å². The lowest BCUT2D eigenvalue weighted by Crippen LogP contribution is -1.92. The maximum Gasteiger partial charge on any atom is 0.0991 e. The van der Waals surface area contributed by atoms with Gasteiger partial charge in [0.05, 0.1) is 11.6 Å². The van der Waals surface area contributed by atoms with Crippen LogP contribution >= 0.6 is 12.2 Å². The quantitative estimate of drug-likeness (QED) is 0.465. The summed E-state index contributed by atoms with van der Waals surface area (Å²) in [6.45, 7) is 2.13. The van der Waals surface area contributed by atoms with Gasteiger partial charge in [-0.3, -0.25) is 0 Å². The summed E-state index contributed by atoms with van der Waals surface area (Å²) in [7, 11) is 0. The zero-order valence-electron chi connectivity index (χ0n) is 11.3. The van der Waals surface area contributed by atoms with Crippen molar-refractivity contribution in [3.8, 4) is 6.07 Å². The van der Waals surface area contributed by atoms with Crippen molar-refractivity contribution in [1.82, 2.24) is 0 Å². The van der Waals surface area contributed by atoms with E-state index in [9.17, 15) is 0 Å². The van der Waals surface area contributed by atoms with Crippen molar-refractivity contribution in [1.29, 1.82) is 5.26 Å². The molecule has 0 saturated carbocycles. The second-order valence-corrected chi connectivity index (χ2v) is 4.93. The first-order valence-electron chi connectivity index (χ1n) is 6.54. The second-order valence-electron chi connectivity index (χ2n) is 4.49. The molecule has 0 unspecified atom stereocenters. The number of thiocarbonyl (C=S) groups is 1. The maximum atomic E-state index is 8.87. The molecule has 20 heavy (non-hydrogen) atoms. The minimum atomic E-state index is 0.658. The average molecular weight is 277 g/mol. The van der Waals surface area contributed by atoms with Gasteiger partial charge < -0.3 is 0 Å². The average Bonchev–Trinajstić information content (AvgIpc) is 2.53. The Kier molecular flexibility index (Phi) is 4.81. The molecule has 2 heteroatoms. The molecule has 2 aromatic carbocycles. The van der Waals surface area contributed by atoms with E-state index in [1.165, 1.54) is 5.56 Å². The fraction of sp³-hybridized carbons (Fsp3) is 0.111. The van der Waals surface area contributed by atoms with Crippen LogP contribution in [0.5, 0.6) is 0 Å². The van der Waals surface area contributed by atoms with Gasteiger partial charge in [0, 0.05) is 4.86 Å². The summed E-state index contributed by atoms with van der Waals surface area (Å²) < 4.78 is 0. The van der Waals surface area contributed by atoms with Crippen LogP contribution in [0, 0.1) is 11.3 Å². The lowest BCUT2D eigenvalue weighted by Gasteiger charge is -2.01. The summed E-state index contributed by atoms with van der Waals surface area (Å²) in [5.41, 5.74) is 3.99. The van der Waals surface area contributed by atoms with Crippen LogP contribution in [0.1, 0.15) is 29.2 Å². The first-order valence-corrected chi connectivity index (χ1v) is 6.95. The molecule has 0 spiro atoms. The van der Waals surface area contributed by atoms with Crippen molar-refractivity contribution in [3.63, 3.8) is 0 Å². The first-order chi connectivity index (χ1) is 9.72. The van der Waals surface area contributed by atoms with E-state index < -0.39 is 0 Å². The zero-order valence-corrected chi connectivity index (χ0v) is 12.2. The van der Waals surface area contributed by atoms with Gasteiger partial charge in [-0.05, 0) is 41.3 Å². The van der Waals surface area contributed by atoms with Gasteiger partial charge in [-0.1, -0.05) is 61.6 Å². The van der Waals surface area contributed by atoms with E-state index in [1.807, 2.05) is 30.4 Å². The molecule has 0 aliphatic heterocycles. The van der Waals surface area contributed by atoms with Crippen molar-refractivity contribution in [3.05, 3.63) is 76.9 Å². The number of nitriles is 1. The molecule has 1 nitrogen and oxygen atoms in total. The van der Waals surface area contributed by atoms with Crippen LogP contribution in [0.3, 0.4) is 0 Å². The van der Waals surface area contributed by atoms with Crippen LogP contribution in [-0.2, 0) is 6.42 Å². The Bertz CT molecular complexity index is 675. The number of nitrogens with zero attached hydrogens (tertiary/aromatic N) is 1. The van der Waals surface area contributed by atoms with Crippen LogP contribution in [0.25, 0.3) is 6.08 Å². The van der Waals surface area contributed by atoms with E-state index in [-0.39, 0.29) is 0 Å². The molecule has 0 atom stereocenters. The summed E-state index contributed by atoms with van der Waals surface area (Å²) in [6, 6.07) is 17.9. The number of allylic oxidation sites excluding steroid dienone is 1. The summed E-state index contributed by atoms with van der Waals surface area (Å²) >= 11 is 5.41. The Balaban J connectivity index is 2.13. The van der Waals surface area contributed by atoms with E-state index in [1.54, 1.807) is 6.07 Å². The van der Waals surface area contributed by atoms with E-state index in [0.717, 1.165) is 22.4 Å². The van der Waals surface area contributed by atoms with Crippen LogP contribution in [0.4, 0.5) is 0 Å². The lowest BCUT2D eigenvalue weighted by molar-refractivity contribution is 1.14. The van der Waals surface area contributed by atoms with Gasteiger partial charge in [0.15, 0.2) is 0 Å². The summed E-state index contributed by atoms with van der Waals surface area (Å²) in [4.78, 5) is 0.801. The molecular weight excluding hydrogens is 262 g/mol. The van der Waals surface area contributed by atoms with Crippen molar-refractivity contribution < 1.29 is 0 Å². The zero-order chi connectivity index (χ0) is 14.4.